The topological polar surface area (TPSA) is 30.1 Å². The van der Waals surface area contributed by atoms with Crippen LogP contribution in [0.1, 0.15) is 0 Å². The van der Waals surface area contributed by atoms with E-state index in [1.807, 2.05) is 12.1 Å². The molecule has 0 spiro atoms. The van der Waals surface area contributed by atoms with Crippen molar-refractivity contribution >= 4 is 29.0 Å². The van der Waals surface area contributed by atoms with Gasteiger partial charge >= 0.3 is 0 Å². The van der Waals surface area contributed by atoms with E-state index >= 15 is 0 Å². The monoisotopic (exact) mass is 221 g/mol. The average molecular weight is 222 g/mol. The lowest BCUT2D eigenvalue weighted by Crippen LogP contribution is -1.76. The lowest BCUT2D eigenvalue weighted by molar-refractivity contribution is 1.49. The highest BCUT2D eigenvalue weighted by atomic mass is 35.5. The first-order chi connectivity index (χ1) is 6.81. The molecule has 0 fully saturated rings. The van der Waals surface area contributed by atoms with E-state index in [0.29, 0.717) is 16.5 Å². The molecule has 0 aliphatic rings. The fourth-order valence-corrected chi connectivity index (χ4v) is 1.81. The molecule has 3 nitrogen and oxygen atoms in total. The van der Waals surface area contributed by atoms with Gasteiger partial charge in [-0.2, -0.15) is 8.75 Å². The van der Waals surface area contributed by atoms with Crippen molar-refractivity contribution < 1.29 is 0 Å². The normalized spacial score (nSPS) is 9.71. The van der Waals surface area contributed by atoms with Gasteiger partial charge in [-0.25, -0.2) is 4.85 Å². The van der Waals surface area contributed by atoms with E-state index in [0.717, 1.165) is 17.3 Å². The van der Waals surface area contributed by atoms with E-state index in [2.05, 4.69) is 13.6 Å². The van der Waals surface area contributed by atoms with Gasteiger partial charge in [-0.05, 0) is 0 Å². The molecule has 0 atom stereocenters. The maximum Gasteiger partial charge on any atom is 0.187 e. The quantitative estimate of drug-likeness (QED) is 0.691. The Labute approximate surface area is 90.1 Å². The molecule has 1 heterocycles. The van der Waals surface area contributed by atoms with Crippen LogP contribution in [0.4, 0.5) is 5.69 Å². The molecule has 0 aliphatic heterocycles. The zero-order valence-corrected chi connectivity index (χ0v) is 8.51. The van der Waals surface area contributed by atoms with E-state index in [4.69, 9.17) is 18.2 Å². The number of benzene rings is 1. The number of aromatic nitrogens is 2. The van der Waals surface area contributed by atoms with Crippen molar-refractivity contribution in [1.82, 2.24) is 8.75 Å². The fourth-order valence-electron chi connectivity index (χ4n) is 1.04. The molecule has 1 aromatic heterocycles. The van der Waals surface area contributed by atoms with Crippen LogP contribution in [-0.2, 0) is 0 Å². The highest BCUT2D eigenvalue weighted by Gasteiger charge is 2.07. The van der Waals surface area contributed by atoms with Crippen molar-refractivity contribution in [2.24, 2.45) is 0 Å². The van der Waals surface area contributed by atoms with Gasteiger partial charge in [-0.15, -0.1) is 0 Å². The number of nitrogens with zero attached hydrogens (tertiary/aromatic N) is 3. The zero-order valence-electron chi connectivity index (χ0n) is 6.94. The Bertz CT molecular complexity index is 484. The molecule has 2 aromatic rings. The molecular formula is C9H4ClN3S. The van der Waals surface area contributed by atoms with Crippen LogP contribution in [0.5, 0.6) is 0 Å². The van der Waals surface area contributed by atoms with Gasteiger partial charge in [0.25, 0.3) is 0 Å². The van der Waals surface area contributed by atoms with E-state index in [1.54, 1.807) is 12.1 Å². The predicted molar refractivity (Wildman–Crippen MR) is 56.6 cm³/mol. The summed E-state index contributed by atoms with van der Waals surface area (Å²) in [4.78, 5) is 3.30. The van der Waals surface area contributed by atoms with Crippen LogP contribution in [0.15, 0.2) is 24.3 Å². The summed E-state index contributed by atoms with van der Waals surface area (Å²) >= 11 is 6.90. The first-order valence-corrected chi connectivity index (χ1v) is 4.88. The molecule has 2 rings (SSSR count). The van der Waals surface area contributed by atoms with Gasteiger partial charge in [-0.1, -0.05) is 35.9 Å². The van der Waals surface area contributed by atoms with Gasteiger partial charge in [0.15, 0.2) is 10.8 Å². The summed E-state index contributed by atoms with van der Waals surface area (Å²) in [5.41, 5.74) is 2.16. The Hall–Kier alpha value is -1.44. The minimum Gasteiger partial charge on any atom is -0.238 e. The zero-order chi connectivity index (χ0) is 9.97. The molecular weight excluding hydrogens is 218 g/mol. The Balaban J connectivity index is 2.45. The third kappa shape index (κ3) is 1.60. The van der Waals surface area contributed by atoms with Crippen molar-refractivity contribution in [2.75, 3.05) is 0 Å². The molecule has 0 radical (unpaired) electrons. The SMILES string of the molecule is [C-]#[N+]c1ccc(-c2nsnc2Cl)cc1. The predicted octanol–water partition coefficient (Wildman–Crippen LogP) is 3.41. The van der Waals surface area contributed by atoms with Gasteiger partial charge in [0.05, 0.1) is 18.3 Å². The lowest BCUT2D eigenvalue weighted by Gasteiger charge is -1.95. The molecule has 0 N–H and O–H groups in total. The summed E-state index contributed by atoms with van der Waals surface area (Å²) in [7, 11) is 0. The second-order valence-electron chi connectivity index (χ2n) is 2.56. The summed E-state index contributed by atoms with van der Waals surface area (Å²) in [6.07, 6.45) is 0. The van der Waals surface area contributed by atoms with Crippen LogP contribution < -0.4 is 0 Å². The highest BCUT2D eigenvalue weighted by molar-refractivity contribution is 6.99. The first kappa shape index (κ1) is 9.13. The summed E-state index contributed by atoms with van der Waals surface area (Å²) in [6.45, 7) is 6.80. The summed E-state index contributed by atoms with van der Waals surface area (Å²) in [5.74, 6) is 0. The highest BCUT2D eigenvalue weighted by Crippen LogP contribution is 2.26. The van der Waals surface area contributed by atoms with Crippen molar-refractivity contribution in [1.29, 1.82) is 0 Å². The minimum absolute atomic E-state index is 0.408. The van der Waals surface area contributed by atoms with Crippen LogP contribution in [0.25, 0.3) is 16.1 Å². The Morgan fingerprint density at radius 1 is 1.21 bits per heavy atom. The Morgan fingerprint density at radius 3 is 2.43 bits per heavy atom. The lowest BCUT2D eigenvalue weighted by atomic mass is 10.1. The first-order valence-electron chi connectivity index (χ1n) is 3.77. The maximum absolute atomic E-state index is 6.80. The van der Waals surface area contributed by atoms with Gasteiger partial charge in [-0.3, -0.25) is 0 Å². The number of halogens is 1. The molecule has 0 amide bonds. The smallest absolute Gasteiger partial charge is 0.187 e. The molecule has 1 aromatic carbocycles. The fraction of sp³-hybridized carbons (Fsp3) is 0. The molecule has 0 aliphatic carbocycles. The van der Waals surface area contributed by atoms with Crippen LogP contribution >= 0.6 is 23.3 Å². The van der Waals surface area contributed by atoms with E-state index in [9.17, 15) is 0 Å². The average Bonchev–Trinajstić information content (AvgIpc) is 2.65. The summed E-state index contributed by atoms with van der Waals surface area (Å²) in [5, 5.41) is 0.408. The second kappa shape index (κ2) is 3.74. The molecule has 0 saturated carbocycles. The largest absolute Gasteiger partial charge is 0.238 e. The summed E-state index contributed by atoms with van der Waals surface area (Å²) < 4.78 is 7.93. The maximum atomic E-state index is 6.80. The molecule has 0 saturated heterocycles. The van der Waals surface area contributed by atoms with Crippen molar-refractivity contribution in [3.05, 3.63) is 40.8 Å². The van der Waals surface area contributed by atoms with Crippen LogP contribution in [0.3, 0.4) is 0 Å². The van der Waals surface area contributed by atoms with Gasteiger partial charge in [0.2, 0.25) is 0 Å². The molecule has 68 valence electrons. The number of hydrogen-bond acceptors (Lipinski definition) is 3. The third-order valence-corrected chi connectivity index (χ3v) is 2.61. The van der Waals surface area contributed by atoms with E-state index < -0.39 is 0 Å². The van der Waals surface area contributed by atoms with E-state index in [-0.39, 0.29) is 0 Å². The van der Waals surface area contributed by atoms with Crippen LogP contribution in [-0.4, -0.2) is 8.75 Å². The van der Waals surface area contributed by atoms with Gasteiger partial charge < -0.3 is 0 Å². The van der Waals surface area contributed by atoms with E-state index in [1.165, 1.54) is 0 Å². The van der Waals surface area contributed by atoms with Crippen molar-refractivity contribution in [2.45, 2.75) is 0 Å². The second-order valence-corrected chi connectivity index (χ2v) is 3.45. The molecule has 0 bridgehead atoms. The molecule has 14 heavy (non-hydrogen) atoms. The Kier molecular flexibility index (Phi) is 2.44. The summed E-state index contributed by atoms with van der Waals surface area (Å²) in [6, 6.07) is 7.10. The standard InChI is InChI=1S/C9H4ClN3S/c1-11-7-4-2-6(3-5-7)8-9(10)13-14-12-8/h2-5H. The van der Waals surface area contributed by atoms with Gasteiger partial charge in [0.1, 0.15) is 5.69 Å². The third-order valence-electron chi connectivity index (χ3n) is 1.72. The Morgan fingerprint density at radius 2 is 1.93 bits per heavy atom. The van der Waals surface area contributed by atoms with Crippen LogP contribution in [0.2, 0.25) is 5.15 Å². The van der Waals surface area contributed by atoms with Crippen LogP contribution in [0, 0.1) is 6.57 Å². The minimum atomic E-state index is 0.408. The van der Waals surface area contributed by atoms with Crippen molar-refractivity contribution in [3.63, 3.8) is 0 Å². The van der Waals surface area contributed by atoms with Gasteiger partial charge in [0, 0.05) is 5.56 Å². The molecule has 0 unspecified atom stereocenters. The number of hydrogen-bond donors (Lipinski definition) is 0. The number of rotatable bonds is 1. The van der Waals surface area contributed by atoms with Crippen molar-refractivity contribution in [3.8, 4) is 11.3 Å². The molecule has 5 heteroatoms.